The lowest BCUT2D eigenvalue weighted by atomic mass is 9.78. The maximum atomic E-state index is 7.83. The molecule has 0 aromatic heterocycles. The van der Waals surface area contributed by atoms with Crippen molar-refractivity contribution in [2.24, 2.45) is 17.8 Å². The van der Waals surface area contributed by atoms with Crippen molar-refractivity contribution < 1.29 is 12.7 Å². The minimum absolute atomic E-state index is 0.189. The molecule has 0 spiro atoms. The molecule has 3 aliphatic heterocycles. The van der Waals surface area contributed by atoms with Crippen LogP contribution in [0.2, 0.25) is 0 Å². The first kappa shape index (κ1) is 25.9. The van der Waals surface area contributed by atoms with Crippen LogP contribution in [0.4, 0.5) is 0 Å². The molecule has 3 heterocycles. The molecule has 5 N–H and O–H groups in total. The fraction of sp³-hybridized carbons (Fsp3) is 1.00. The van der Waals surface area contributed by atoms with Crippen molar-refractivity contribution in [1.82, 2.24) is 16.0 Å². The number of fused-ring (bicyclic) bond motifs is 3. The summed E-state index contributed by atoms with van der Waals surface area (Å²) in [5, 5.41) is 18.8. The van der Waals surface area contributed by atoms with Crippen LogP contribution in [0.3, 0.4) is 0 Å². The zero-order valence-electron chi connectivity index (χ0n) is 21.3. The van der Waals surface area contributed by atoms with Gasteiger partial charge in [0.15, 0.2) is 6.10 Å². The van der Waals surface area contributed by atoms with E-state index in [2.05, 4.69) is 16.0 Å². The molecule has 0 amide bonds. The average Bonchev–Trinajstić information content (AvgIpc) is 2.90. The van der Waals surface area contributed by atoms with E-state index in [-0.39, 0.29) is 22.0 Å². The van der Waals surface area contributed by atoms with Gasteiger partial charge in [-0.15, -0.1) is 0 Å². The monoisotopic (exact) mass is 491 g/mol. The Balaban J connectivity index is 0.000000183. The van der Waals surface area contributed by atoms with Crippen LogP contribution in [-0.2, 0) is 7.58 Å². The van der Waals surface area contributed by atoms with E-state index in [9.17, 15) is 0 Å². The normalized spacial score (nSPS) is 44.6. The highest BCUT2D eigenvalue weighted by Gasteiger charge is 2.37. The van der Waals surface area contributed by atoms with Crippen molar-refractivity contribution in [1.29, 1.82) is 0 Å². The molecule has 194 valence electrons. The summed E-state index contributed by atoms with van der Waals surface area (Å²) < 4.78 is 12.6. The number of hydrogen-bond acceptors (Lipinski definition) is 5. The third kappa shape index (κ3) is 6.59. The number of piperidine rings is 3. The molecule has 6 aliphatic rings. The van der Waals surface area contributed by atoms with Crippen molar-refractivity contribution in [3.8, 4) is 0 Å². The van der Waals surface area contributed by atoms with Crippen LogP contribution >= 0.6 is 0 Å². The van der Waals surface area contributed by atoms with Crippen LogP contribution in [0, 0.1) is 17.8 Å². The zero-order valence-corrected chi connectivity index (χ0v) is 22.5. The van der Waals surface area contributed by atoms with Crippen molar-refractivity contribution in [2.45, 2.75) is 133 Å². The van der Waals surface area contributed by atoms with Gasteiger partial charge >= 0.3 is 0 Å². The molecule has 0 aromatic rings. The van der Waals surface area contributed by atoms with Crippen molar-refractivity contribution in [3.63, 3.8) is 0 Å². The van der Waals surface area contributed by atoms with Gasteiger partial charge in [-0.1, -0.05) is 12.8 Å². The van der Waals surface area contributed by atoms with E-state index >= 15 is 0 Å². The molecule has 6 nitrogen and oxygen atoms in total. The van der Waals surface area contributed by atoms with Crippen LogP contribution in [0.1, 0.15) is 96.3 Å². The van der Waals surface area contributed by atoms with Crippen LogP contribution in [0.5, 0.6) is 0 Å². The highest BCUT2D eigenvalue weighted by atomic mass is 27.2. The van der Waals surface area contributed by atoms with Crippen LogP contribution in [-0.4, -0.2) is 77.1 Å². The Labute approximate surface area is 214 Å². The lowest BCUT2D eigenvalue weighted by Gasteiger charge is -2.48. The van der Waals surface area contributed by atoms with Gasteiger partial charge in [-0.05, 0) is 114 Å². The van der Waals surface area contributed by atoms with E-state index in [4.69, 9.17) is 12.7 Å². The SMILES string of the molecule is C1CNC2C(C1)CCCC2[O][Al-][O]C1CCCC2CCCNC21.[OH2+]C1CCCC2CCCNC12. The Bertz CT molecular complexity index is 574. The average molecular weight is 492 g/mol. The van der Waals surface area contributed by atoms with E-state index in [0.29, 0.717) is 30.3 Å². The van der Waals surface area contributed by atoms with Crippen LogP contribution in [0.25, 0.3) is 0 Å². The van der Waals surface area contributed by atoms with E-state index in [1.807, 2.05) is 0 Å². The molecule has 3 saturated heterocycles. The summed E-state index contributed by atoms with van der Waals surface area (Å²) in [5.74, 6) is 2.53. The smallest absolute Gasteiger partial charge is 0.169 e. The summed E-state index contributed by atoms with van der Waals surface area (Å²) in [5.41, 5.74) is 0. The van der Waals surface area contributed by atoms with Crippen molar-refractivity contribution >= 4 is 15.9 Å². The third-order valence-electron chi connectivity index (χ3n) is 9.83. The zero-order chi connectivity index (χ0) is 23.2. The van der Waals surface area contributed by atoms with Gasteiger partial charge in [0.05, 0.1) is 6.04 Å². The molecule has 3 aliphatic carbocycles. The minimum atomic E-state index is -0.315. The van der Waals surface area contributed by atoms with E-state index in [0.717, 1.165) is 30.7 Å². The minimum Gasteiger partial charge on any atom is -0.675 e. The molecule has 0 bridgehead atoms. The fourth-order valence-electron chi connectivity index (χ4n) is 8.03. The van der Waals surface area contributed by atoms with Crippen LogP contribution in [0.15, 0.2) is 0 Å². The van der Waals surface area contributed by atoms with Gasteiger partial charge in [-0.25, -0.2) is 0 Å². The Morgan fingerprint density at radius 2 is 0.912 bits per heavy atom. The van der Waals surface area contributed by atoms with Gasteiger partial charge in [-0.2, -0.15) is 0 Å². The van der Waals surface area contributed by atoms with Crippen molar-refractivity contribution in [2.75, 3.05) is 19.6 Å². The first-order chi connectivity index (χ1) is 16.8. The number of rotatable bonds is 4. The molecule has 3 saturated carbocycles. The van der Waals surface area contributed by atoms with Gasteiger partial charge in [0.2, 0.25) is 0 Å². The number of hydrogen-bond donors (Lipinski definition) is 3. The van der Waals surface area contributed by atoms with Gasteiger partial charge < -0.3 is 28.6 Å². The fourth-order valence-corrected chi connectivity index (χ4v) is 8.99. The van der Waals surface area contributed by atoms with E-state index in [1.54, 1.807) is 0 Å². The van der Waals surface area contributed by atoms with Crippen LogP contribution < -0.4 is 16.0 Å². The molecule has 9 atom stereocenters. The van der Waals surface area contributed by atoms with E-state index < -0.39 is 0 Å². The first-order valence-corrected chi connectivity index (χ1v) is 15.8. The standard InChI is InChI=1S/C9H17NO.2C9H16NO.Al/c3*11-8-5-1-3-7-4-2-6-10-9(7)8;/h7-11H,1-6H2;2*7-10H,1-6H2;/q;2*-1;+1/p+1. The molecule has 2 radical (unpaired) electrons. The predicted molar refractivity (Wildman–Crippen MR) is 138 cm³/mol. The molecular weight excluding hydrogens is 441 g/mol. The highest BCUT2D eigenvalue weighted by Crippen LogP contribution is 2.34. The second kappa shape index (κ2) is 13.2. The topological polar surface area (TPSA) is 77.4 Å². The lowest BCUT2D eigenvalue weighted by molar-refractivity contribution is 0.0126. The quantitative estimate of drug-likeness (QED) is 0.416. The Morgan fingerprint density at radius 1 is 0.500 bits per heavy atom. The summed E-state index contributed by atoms with van der Waals surface area (Å²) in [4.78, 5) is 0. The highest BCUT2D eigenvalue weighted by molar-refractivity contribution is 6.18. The lowest BCUT2D eigenvalue weighted by Crippen LogP contribution is -2.54. The largest absolute Gasteiger partial charge is 0.675 e. The Kier molecular flexibility index (Phi) is 10.1. The Morgan fingerprint density at radius 3 is 1.41 bits per heavy atom. The van der Waals surface area contributed by atoms with Gasteiger partial charge in [0, 0.05) is 30.7 Å². The molecule has 7 heteroatoms. The molecule has 9 unspecified atom stereocenters. The summed E-state index contributed by atoms with van der Waals surface area (Å²) in [7, 11) is 0. The second-order valence-electron chi connectivity index (χ2n) is 12.0. The van der Waals surface area contributed by atoms with Crippen molar-refractivity contribution in [3.05, 3.63) is 0 Å². The summed E-state index contributed by atoms with van der Waals surface area (Å²) in [6.07, 6.45) is 20.8. The van der Waals surface area contributed by atoms with E-state index in [1.165, 1.54) is 103 Å². The summed E-state index contributed by atoms with van der Waals surface area (Å²) >= 11 is -0.315. The second-order valence-corrected chi connectivity index (χ2v) is 12.7. The maximum absolute atomic E-state index is 7.83. The predicted octanol–water partition coefficient (Wildman–Crippen LogP) is 3.03. The first-order valence-electron chi connectivity index (χ1n) is 14.8. The summed E-state index contributed by atoms with van der Waals surface area (Å²) in [6.45, 7) is 3.50. The Hall–Kier alpha value is 0.292. The molecule has 6 fully saturated rings. The molecule has 0 aromatic carbocycles. The molecule has 34 heavy (non-hydrogen) atoms. The number of nitrogens with one attached hydrogen (secondary N) is 3. The van der Waals surface area contributed by atoms with Gasteiger partial charge in [0.25, 0.3) is 0 Å². The van der Waals surface area contributed by atoms with Gasteiger partial charge in [-0.3, -0.25) is 0 Å². The molecule has 6 rings (SSSR count). The third-order valence-corrected chi connectivity index (χ3v) is 10.8. The summed E-state index contributed by atoms with van der Waals surface area (Å²) in [6, 6.07) is 1.73. The maximum Gasteiger partial charge on any atom is 0.169 e. The molecular formula is C27H50AlN3O3. The van der Waals surface area contributed by atoms with Gasteiger partial charge in [0.1, 0.15) is 15.9 Å².